The molecule has 0 spiro atoms. The molecular formula is C19H16N4O3. The first-order chi connectivity index (χ1) is 12.6. The summed E-state index contributed by atoms with van der Waals surface area (Å²) in [5.74, 6) is -0.875. The summed E-state index contributed by atoms with van der Waals surface area (Å²) in [7, 11) is 0. The van der Waals surface area contributed by atoms with Crippen molar-refractivity contribution in [3.63, 3.8) is 0 Å². The van der Waals surface area contributed by atoms with Gasteiger partial charge in [-0.2, -0.15) is 5.10 Å². The Morgan fingerprint density at radius 1 is 0.808 bits per heavy atom. The van der Waals surface area contributed by atoms with Crippen LogP contribution in [0.25, 0.3) is 0 Å². The van der Waals surface area contributed by atoms with E-state index in [0.29, 0.717) is 11.4 Å². The van der Waals surface area contributed by atoms with Crippen LogP contribution in [0, 0.1) is 0 Å². The van der Waals surface area contributed by atoms with Crippen molar-refractivity contribution in [3.8, 4) is 0 Å². The third kappa shape index (κ3) is 4.41. The number of amides is 2. The summed E-state index contributed by atoms with van der Waals surface area (Å²) in [6.45, 7) is -0.291. The predicted octanol–water partition coefficient (Wildman–Crippen LogP) is 2.13. The zero-order valence-electron chi connectivity index (χ0n) is 13.8. The average molecular weight is 348 g/mol. The normalized spacial score (nSPS) is 10.2. The summed E-state index contributed by atoms with van der Waals surface area (Å²) in [5, 5.41) is 9.33. The first-order valence-corrected chi connectivity index (χ1v) is 7.91. The number of hydrogen-bond acceptors (Lipinski definition) is 4. The Bertz CT molecular complexity index is 969. The minimum Gasteiger partial charge on any atom is -0.324 e. The van der Waals surface area contributed by atoms with Crippen molar-refractivity contribution in [1.82, 2.24) is 9.78 Å². The van der Waals surface area contributed by atoms with Gasteiger partial charge in [0.05, 0.1) is 0 Å². The van der Waals surface area contributed by atoms with E-state index in [0.717, 1.165) is 4.68 Å². The highest BCUT2D eigenvalue weighted by Crippen LogP contribution is 2.07. The van der Waals surface area contributed by atoms with Gasteiger partial charge in [0.15, 0.2) is 0 Å². The van der Waals surface area contributed by atoms with Crippen LogP contribution < -0.4 is 16.2 Å². The van der Waals surface area contributed by atoms with Crippen LogP contribution in [0.5, 0.6) is 0 Å². The van der Waals surface area contributed by atoms with Crippen LogP contribution in [0.3, 0.4) is 0 Å². The Labute approximate surface area is 149 Å². The van der Waals surface area contributed by atoms with E-state index in [1.165, 1.54) is 12.1 Å². The number of hydrogen-bond donors (Lipinski definition) is 2. The van der Waals surface area contributed by atoms with Gasteiger partial charge in [-0.05, 0) is 30.3 Å². The van der Waals surface area contributed by atoms with Crippen molar-refractivity contribution in [3.05, 3.63) is 88.8 Å². The van der Waals surface area contributed by atoms with Crippen LogP contribution in [0.15, 0.2) is 77.6 Å². The number of nitrogens with one attached hydrogen (secondary N) is 2. The highest BCUT2D eigenvalue weighted by molar-refractivity contribution is 6.02. The lowest BCUT2D eigenvalue weighted by molar-refractivity contribution is -0.117. The van der Waals surface area contributed by atoms with Crippen LogP contribution >= 0.6 is 0 Å². The topological polar surface area (TPSA) is 93.1 Å². The Kier molecular flexibility index (Phi) is 5.19. The van der Waals surface area contributed by atoms with Crippen molar-refractivity contribution in [2.75, 3.05) is 10.6 Å². The number of benzene rings is 2. The van der Waals surface area contributed by atoms with Gasteiger partial charge in [-0.25, -0.2) is 4.68 Å². The van der Waals surface area contributed by atoms with Crippen molar-refractivity contribution < 1.29 is 9.59 Å². The number of carbonyl (C=O) groups excluding carboxylic acids is 2. The van der Waals surface area contributed by atoms with Crippen LogP contribution in [0.1, 0.15) is 10.5 Å². The summed E-state index contributed by atoms with van der Waals surface area (Å²) in [6.07, 6.45) is 0. The highest BCUT2D eigenvalue weighted by Gasteiger charge is 2.12. The average Bonchev–Trinajstić information content (AvgIpc) is 2.65. The van der Waals surface area contributed by atoms with E-state index in [-0.39, 0.29) is 12.2 Å². The number of carbonyl (C=O) groups is 2. The summed E-state index contributed by atoms with van der Waals surface area (Å²) >= 11 is 0. The van der Waals surface area contributed by atoms with Gasteiger partial charge in [0.2, 0.25) is 5.91 Å². The molecule has 1 aromatic heterocycles. The van der Waals surface area contributed by atoms with Gasteiger partial charge in [0.1, 0.15) is 12.2 Å². The molecule has 2 amide bonds. The molecule has 0 radical (unpaired) electrons. The molecule has 0 aliphatic heterocycles. The molecule has 0 unspecified atom stereocenters. The molecule has 0 saturated carbocycles. The predicted molar refractivity (Wildman–Crippen MR) is 98.0 cm³/mol. The first-order valence-electron chi connectivity index (χ1n) is 7.91. The lowest BCUT2D eigenvalue weighted by Gasteiger charge is -2.08. The van der Waals surface area contributed by atoms with Gasteiger partial charge in [0, 0.05) is 17.4 Å². The molecule has 0 bridgehead atoms. The Morgan fingerprint density at radius 2 is 1.38 bits per heavy atom. The van der Waals surface area contributed by atoms with E-state index in [1.54, 1.807) is 48.5 Å². The number of rotatable bonds is 5. The third-order valence-electron chi connectivity index (χ3n) is 3.48. The second kappa shape index (κ2) is 7.89. The molecule has 3 rings (SSSR count). The third-order valence-corrected chi connectivity index (χ3v) is 3.48. The van der Waals surface area contributed by atoms with Crippen molar-refractivity contribution >= 4 is 23.2 Å². The number of anilines is 2. The van der Waals surface area contributed by atoms with Crippen molar-refractivity contribution in [2.45, 2.75) is 6.54 Å². The number of nitrogens with zero attached hydrogens (tertiary/aromatic N) is 2. The molecule has 1 heterocycles. The zero-order valence-corrected chi connectivity index (χ0v) is 13.8. The fraction of sp³-hybridized carbons (Fsp3) is 0.0526. The highest BCUT2D eigenvalue weighted by atomic mass is 16.2. The van der Waals surface area contributed by atoms with Gasteiger partial charge >= 0.3 is 0 Å². The standard InChI is InChI=1S/C19H16N4O3/c24-17(20-14-7-3-1-4-8-14)13-23-18(25)12-11-16(22-23)19(26)21-15-9-5-2-6-10-15/h1-12H,13H2,(H,20,24)(H,21,26). The fourth-order valence-corrected chi connectivity index (χ4v) is 2.26. The van der Waals surface area contributed by atoms with Gasteiger partial charge in [-0.3, -0.25) is 14.4 Å². The van der Waals surface area contributed by atoms with E-state index in [9.17, 15) is 14.4 Å². The maximum absolute atomic E-state index is 12.3. The van der Waals surface area contributed by atoms with Crippen LogP contribution in [-0.4, -0.2) is 21.6 Å². The second-order valence-electron chi connectivity index (χ2n) is 5.45. The molecule has 130 valence electrons. The maximum Gasteiger partial charge on any atom is 0.276 e. The largest absolute Gasteiger partial charge is 0.324 e. The van der Waals surface area contributed by atoms with Crippen LogP contribution in [0.2, 0.25) is 0 Å². The lowest BCUT2D eigenvalue weighted by atomic mass is 10.3. The Hall–Kier alpha value is -3.74. The SMILES string of the molecule is O=C(Cn1nc(C(=O)Nc2ccccc2)ccc1=O)Nc1ccccc1. The quantitative estimate of drug-likeness (QED) is 0.739. The van der Waals surface area contributed by atoms with E-state index < -0.39 is 17.4 Å². The molecule has 0 atom stereocenters. The smallest absolute Gasteiger partial charge is 0.276 e. The zero-order chi connectivity index (χ0) is 18.4. The Balaban J connectivity index is 1.72. The van der Waals surface area contributed by atoms with Gasteiger partial charge in [0.25, 0.3) is 11.5 Å². The molecule has 7 heteroatoms. The van der Waals surface area contributed by atoms with Crippen molar-refractivity contribution in [1.29, 1.82) is 0 Å². The van der Waals surface area contributed by atoms with Gasteiger partial charge < -0.3 is 10.6 Å². The number of para-hydroxylation sites is 2. The summed E-state index contributed by atoms with van der Waals surface area (Å²) < 4.78 is 0.957. The molecule has 0 aliphatic carbocycles. The minimum absolute atomic E-state index is 0.0426. The summed E-state index contributed by atoms with van der Waals surface area (Å²) in [5.41, 5.74) is 0.799. The fourth-order valence-electron chi connectivity index (χ4n) is 2.26. The minimum atomic E-state index is -0.468. The molecular weight excluding hydrogens is 332 g/mol. The maximum atomic E-state index is 12.3. The second-order valence-corrected chi connectivity index (χ2v) is 5.45. The monoisotopic (exact) mass is 348 g/mol. The van der Waals surface area contributed by atoms with Crippen molar-refractivity contribution in [2.24, 2.45) is 0 Å². The van der Waals surface area contributed by atoms with Crippen LogP contribution in [0.4, 0.5) is 11.4 Å². The lowest BCUT2D eigenvalue weighted by Crippen LogP contribution is -2.31. The summed E-state index contributed by atoms with van der Waals surface area (Å²) in [6, 6.07) is 20.3. The molecule has 3 aromatic rings. The van der Waals surface area contributed by atoms with E-state index in [2.05, 4.69) is 15.7 Å². The van der Waals surface area contributed by atoms with Crippen LogP contribution in [-0.2, 0) is 11.3 Å². The molecule has 0 aliphatic rings. The molecule has 0 fully saturated rings. The molecule has 2 N–H and O–H groups in total. The van der Waals surface area contributed by atoms with E-state index in [4.69, 9.17) is 0 Å². The van der Waals surface area contributed by atoms with E-state index >= 15 is 0 Å². The first kappa shape index (κ1) is 17.1. The molecule has 0 saturated heterocycles. The molecule has 26 heavy (non-hydrogen) atoms. The number of aromatic nitrogens is 2. The van der Waals surface area contributed by atoms with Gasteiger partial charge in [-0.1, -0.05) is 36.4 Å². The summed E-state index contributed by atoms with van der Waals surface area (Å²) in [4.78, 5) is 36.3. The molecule has 2 aromatic carbocycles. The Morgan fingerprint density at radius 3 is 2.00 bits per heavy atom. The van der Waals surface area contributed by atoms with E-state index in [1.807, 2.05) is 12.1 Å². The van der Waals surface area contributed by atoms with Gasteiger partial charge in [-0.15, -0.1) is 0 Å². The molecule has 7 nitrogen and oxygen atoms in total.